The molecule has 0 bridgehead atoms. The molecule has 3 rings (SSSR count). The van der Waals surface area contributed by atoms with Crippen LogP contribution >= 0.6 is 0 Å². The summed E-state index contributed by atoms with van der Waals surface area (Å²) in [6, 6.07) is 21.7. The second-order valence-corrected chi connectivity index (χ2v) is 9.40. The Balaban J connectivity index is 1.80. The number of hydrogen-bond acceptors (Lipinski definition) is 4. The summed E-state index contributed by atoms with van der Waals surface area (Å²) in [5, 5.41) is 0. The molecule has 168 valence electrons. The lowest BCUT2D eigenvalue weighted by atomic mass is 10.1. The third-order valence-corrected chi connectivity index (χ3v) is 6.86. The van der Waals surface area contributed by atoms with E-state index >= 15 is 0 Å². The summed E-state index contributed by atoms with van der Waals surface area (Å²) in [5.74, 6) is 1.12. The molecule has 2 aromatic carbocycles. The Kier molecular flexibility index (Phi) is 8.03. The molecule has 32 heavy (non-hydrogen) atoms. The molecule has 0 aliphatic heterocycles. The van der Waals surface area contributed by atoms with Gasteiger partial charge in [-0.3, -0.25) is 4.79 Å². The van der Waals surface area contributed by atoms with E-state index in [1.54, 1.807) is 23.1 Å². The van der Waals surface area contributed by atoms with Crippen LogP contribution in [0.5, 0.6) is 0 Å². The molecule has 6 nitrogen and oxygen atoms in total. The molecule has 1 heterocycles. The number of carbonyl (C=O) groups is 1. The average molecular weight is 453 g/mol. The van der Waals surface area contributed by atoms with Gasteiger partial charge in [0.25, 0.3) is 0 Å². The predicted molar refractivity (Wildman–Crippen MR) is 124 cm³/mol. The van der Waals surface area contributed by atoms with Crippen molar-refractivity contribution >= 4 is 15.9 Å². The number of aryl methyl sites for hydroxylation is 1. The molecule has 0 atom stereocenters. The number of furan rings is 1. The minimum absolute atomic E-state index is 0.0371. The smallest absolute Gasteiger partial charge is 0.243 e. The molecule has 0 radical (unpaired) electrons. The Morgan fingerprint density at radius 2 is 1.66 bits per heavy atom. The van der Waals surface area contributed by atoms with E-state index in [9.17, 15) is 13.2 Å². The number of carbonyl (C=O) groups excluding carboxylic acids is 1. The zero-order chi connectivity index (χ0) is 23.0. The van der Waals surface area contributed by atoms with Crippen LogP contribution in [0.3, 0.4) is 0 Å². The van der Waals surface area contributed by atoms with Crippen LogP contribution in [0, 0.1) is 6.92 Å². The first-order chi connectivity index (χ1) is 15.4. The Hall–Kier alpha value is -3.16. The summed E-state index contributed by atoms with van der Waals surface area (Å²) in [4.78, 5) is 15.1. The van der Waals surface area contributed by atoms with Crippen molar-refractivity contribution in [1.82, 2.24) is 9.21 Å². The number of rotatable bonds is 11. The lowest BCUT2D eigenvalue weighted by Gasteiger charge is -2.26. The maximum Gasteiger partial charge on any atom is 0.243 e. The first-order valence-electron chi connectivity index (χ1n) is 10.4. The van der Waals surface area contributed by atoms with Crippen molar-refractivity contribution in [2.75, 3.05) is 19.6 Å². The van der Waals surface area contributed by atoms with Gasteiger partial charge in [-0.15, -0.1) is 6.58 Å². The number of hydrogen-bond donors (Lipinski definition) is 0. The molecule has 0 saturated carbocycles. The molecule has 1 aromatic heterocycles. The zero-order valence-corrected chi connectivity index (χ0v) is 19.0. The minimum atomic E-state index is -3.84. The van der Waals surface area contributed by atoms with Crippen LogP contribution in [0.2, 0.25) is 0 Å². The zero-order valence-electron chi connectivity index (χ0n) is 18.2. The van der Waals surface area contributed by atoms with Crippen molar-refractivity contribution in [3.8, 4) is 0 Å². The van der Waals surface area contributed by atoms with Crippen LogP contribution in [0.4, 0.5) is 0 Å². The lowest BCUT2D eigenvalue weighted by molar-refractivity contribution is -0.132. The fourth-order valence-corrected chi connectivity index (χ4v) is 4.72. The van der Waals surface area contributed by atoms with Crippen LogP contribution in [0.1, 0.15) is 17.1 Å². The van der Waals surface area contributed by atoms with Crippen LogP contribution in [0.15, 0.2) is 94.8 Å². The third-order valence-electron chi connectivity index (χ3n) is 5.03. The van der Waals surface area contributed by atoms with Crippen molar-refractivity contribution in [1.29, 1.82) is 0 Å². The highest BCUT2D eigenvalue weighted by Crippen LogP contribution is 2.17. The van der Waals surface area contributed by atoms with Crippen LogP contribution in [-0.2, 0) is 27.8 Å². The molecule has 0 unspecified atom stereocenters. The summed E-state index contributed by atoms with van der Waals surface area (Å²) < 4.78 is 33.0. The van der Waals surface area contributed by atoms with E-state index in [2.05, 4.69) is 6.58 Å². The highest BCUT2D eigenvalue weighted by Gasteiger charge is 2.28. The maximum absolute atomic E-state index is 13.3. The highest BCUT2D eigenvalue weighted by molar-refractivity contribution is 7.89. The van der Waals surface area contributed by atoms with Gasteiger partial charge in [-0.05, 0) is 43.2 Å². The molecule has 3 aromatic rings. The molecule has 0 aliphatic rings. The first-order valence-corrected chi connectivity index (χ1v) is 11.9. The van der Waals surface area contributed by atoms with Crippen molar-refractivity contribution < 1.29 is 17.6 Å². The Morgan fingerprint density at radius 1 is 1.00 bits per heavy atom. The highest BCUT2D eigenvalue weighted by atomic mass is 32.2. The molecule has 1 amide bonds. The Labute approximate surface area is 189 Å². The Bertz CT molecular complexity index is 1130. The van der Waals surface area contributed by atoms with Gasteiger partial charge in [0.1, 0.15) is 11.5 Å². The quantitative estimate of drug-likeness (QED) is 0.412. The standard InChI is InChI=1S/C25H28N2O4S/c1-3-17-27(32(29,30)24-12-8-5-9-13-24)20-25(28)26(19-23-15-14-21(2)31-23)18-16-22-10-6-4-7-11-22/h3-15H,1,16-20H2,2H3. The number of nitrogens with zero attached hydrogens (tertiary/aromatic N) is 2. The maximum atomic E-state index is 13.3. The normalized spacial score (nSPS) is 11.4. The first kappa shape index (κ1) is 23.5. The van der Waals surface area contributed by atoms with E-state index in [1.807, 2.05) is 49.4 Å². The van der Waals surface area contributed by atoms with Crippen LogP contribution in [0.25, 0.3) is 0 Å². The second kappa shape index (κ2) is 10.9. The van der Waals surface area contributed by atoms with Gasteiger partial charge in [-0.2, -0.15) is 4.31 Å². The van der Waals surface area contributed by atoms with Crippen molar-refractivity contribution in [2.24, 2.45) is 0 Å². The van der Waals surface area contributed by atoms with Crippen LogP contribution in [-0.4, -0.2) is 43.2 Å². The van der Waals surface area contributed by atoms with E-state index in [0.717, 1.165) is 15.6 Å². The molecule has 0 aliphatic carbocycles. The van der Waals surface area contributed by atoms with Crippen molar-refractivity contribution in [3.05, 3.63) is 103 Å². The number of benzene rings is 2. The van der Waals surface area contributed by atoms with E-state index in [4.69, 9.17) is 4.42 Å². The number of sulfonamides is 1. The molecule has 0 saturated heterocycles. The summed E-state index contributed by atoms with van der Waals surface area (Å²) >= 11 is 0. The van der Waals surface area contributed by atoms with Gasteiger partial charge < -0.3 is 9.32 Å². The fraction of sp³-hybridized carbons (Fsp3) is 0.240. The summed E-state index contributed by atoms with van der Waals surface area (Å²) in [7, 11) is -3.84. The molecule has 0 N–H and O–H groups in total. The van der Waals surface area contributed by atoms with E-state index in [1.165, 1.54) is 18.2 Å². The van der Waals surface area contributed by atoms with Gasteiger partial charge >= 0.3 is 0 Å². The SMILES string of the molecule is C=CCN(CC(=O)N(CCc1ccccc1)Cc1ccc(C)o1)S(=O)(=O)c1ccccc1. The molecule has 7 heteroatoms. The summed E-state index contributed by atoms with van der Waals surface area (Å²) in [6.45, 7) is 5.97. The minimum Gasteiger partial charge on any atom is -0.464 e. The fourth-order valence-electron chi connectivity index (χ4n) is 3.34. The predicted octanol–water partition coefficient (Wildman–Crippen LogP) is 4.04. The van der Waals surface area contributed by atoms with Crippen molar-refractivity contribution in [2.45, 2.75) is 24.8 Å². The summed E-state index contributed by atoms with van der Waals surface area (Å²) in [5.41, 5.74) is 1.10. The number of amides is 1. The molecular formula is C25H28N2O4S. The largest absolute Gasteiger partial charge is 0.464 e. The average Bonchev–Trinajstić information content (AvgIpc) is 3.22. The van der Waals surface area contributed by atoms with Gasteiger partial charge in [-0.1, -0.05) is 54.6 Å². The molecular weight excluding hydrogens is 424 g/mol. The van der Waals surface area contributed by atoms with E-state index < -0.39 is 10.0 Å². The topological polar surface area (TPSA) is 70.8 Å². The lowest BCUT2D eigenvalue weighted by Crippen LogP contribution is -2.43. The molecule has 0 fully saturated rings. The third kappa shape index (κ3) is 6.18. The van der Waals surface area contributed by atoms with Gasteiger partial charge in [-0.25, -0.2) is 8.42 Å². The van der Waals surface area contributed by atoms with E-state index in [0.29, 0.717) is 18.7 Å². The van der Waals surface area contributed by atoms with Crippen molar-refractivity contribution in [3.63, 3.8) is 0 Å². The van der Waals surface area contributed by atoms with Gasteiger partial charge in [0, 0.05) is 13.1 Å². The van der Waals surface area contributed by atoms with Crippen LogP contribution < -0.4 is 0 Å². The van der Waals surface area contributed by atoms with E-state index in [-0.39, 0.29) is 30.4 Å². The van der Waals surface area contributed by atoms with Gasteiger partial charge in [0.05, 0.1) is 18.0 Å². The Morgan fingerprint density at radius 3 is 2.25 bits per heavy atom. The second-order valence-electron chi connectivity index (χ2n) is 7.46. The monoisotopic (exact) mass is 452 g/mol. The van der Waals surface area contributed by atoms with Gasteiger partial charge in [0.2, 0.25) is 15.9 Å². The molecule has 0 spiro atoms. The van der Waals surface area contributed by atoms with Gasteiger partial charge in [0.15, 0.2) is 0 Å². The summed E-state index contributed by atoms with van der Waals surface area (Å²) in [6.07, 6.45) is 2.14.